The molecule has 2 nitrogen and oxygen atoms in total. The minimum absolute atomic E-state index is 0.243. The first-order chi connectivity index (χ1) is 9.47. The van der Waals surface area contributed by atoms with Crippen molar-refractivity contribution in [2.24, 2.45) is 5.73 Å². The third kappa shape index (κ3) is 3.63. The van der Waals surface area contributed by atoms with E-state index >= 15 is 0 Å². The van der Waals surface area contributed by atoms with Gasteiger partial charge in [0.15, 0.2) is 0 Å². The Balaban J connectivity index is 2.09. The molecule has 0 amide bonds. The van der Waals surface area contributed by atoms with Gasteiger partial charge in [-0.2, -0.15) is 0 Å². The molecule has 2 aromatic carbocycles. The molecular weight excluding hydrogens is 300 g/mol. The van der Waals surface area contributed by atoms with Crippen molar-refractivity contribution >= 4 is 23.2 Å². The highest BCUT2D eigenvalue weighted by Gasteiger charge is 2.09. The number of benzene rings is 2. The molecule has 0 heterocycles. The Kier molecular flexibility index (Phi) is 4.86. The summed E-state index contributed by atoms with van der Waals surface area (Å²) in [7, 11) is 0. The fourth-order valence-electron chi connectivity index (χ4n) is 1.77. The molecule has 0 spiro atoms. The van der Waals surface area contributed by atoms with Gasteiger partial charge in [0.1, 0.15) is 18.2 Å². The third-order valence-electron chi connectivity index (χ3n) is 2.87. The quantitative estimate of drug-likeness (QED) is 0.885. The molecular formula is C15H14Cl2FNO. The summed E-state index contributed by atoms with van der Waals surface area (Å²) in [6.07, 6.45) is 0. The molecule has 0 saturated heterocycles. The van der Waals surface area contributed by atoms with Crippen LogP contribution in [0, 0.1) is 5.82 Å². The van der Waals surface area contributed by atoms with Crippen LogP contribution >= 0.6 is 23.2 Å². The average molecular weight is 314 g/mol. The zero-order valence-electron chi connectivity index (χ0n) is 10.9. The maximum atomic E-state index is 13.8. The molecule has 1 atom stereocenters. The van der Waals surface area contributed by atoms with Gasteiger partial charge in [0.25, 0.3) is 0 Å². The maximum Gasteiger partial charge on any atom is 0.131 e. The summed E-state index contributed by atoms with van der Waals surface area (Å²) in [5, 5.41) is 1.08. The van der Waals surface area contributed by atoms with Crippen molar-refractivity contribution in [2.75, 3.05) is 0 Å². The van der Waals surface area contributed by atoms with Gasteiger partial charge in [-0.15, -0.1) is 0 Å². The number of hydrogen-bond acceptors (Lipinski definition) is 2. The highest BCUT2D eigenvalue weighted by molar-refractivity contribution is 6.35. The van der Waals surface area contributed by atoms with Gasteiger partial charge in [0.05, 0.1) is 0 Å². The predicted molar refractivity (Wildman–Crippen MR) is 79.8 cm³/mol. The van der Waals surface area contributed by atoms with Gasteiger partial charge in [-0.3, -0.25) is 0 Å². The first-order valence-electron chi connectivity index (χ1n) is 6.09. The molecule has 0 fully saturated rings. The van der Waals surface area contributed by atoms with Gasteiger partial charge < -0.3 is 10.5 Å². The van der Waals surface area contributed by atoms with E-state index in [2.05, 4.69) is 0 Å². The van der Waals surface area contributed by atoms with Crippen LogP contribution < -0.4 is 10.5 Å². The number of rotatable bonds is 4. The van der Waals surface area contributed by atoms with Crippen molar-refractivity contribution in [3.05, 3.63) is 63.4 Å². The summed E-state index contributed by atoms with van der Waals surface area (Å²) in [4.78, 5) is 0. The summed E-state index contributed by atoms with van der Waals surface area (Å²) in [5.41, 5.74) is 6.90. The van der Waals surface area contributed by atoms with E-state index in [0.29, 0.717) is 21.4 Å². The van der Waals surface area contributed by atoms with E-state index in [1.165, 1.54) is 6.07 Å². The van der Waals surface area contributed by atoms with Gasteiger partial charge in [0.2, 0.25) is 0 Å². The van der Waals surface area contributed by atoms with E-state index in [9.17, 15) is 4.39 Å². The molecule has 2 aromatic rings. The van der Waals surface area contributed by atoms with Crippen LogP contribution in [-0.2, 0) is 6.61 Å². The number of halogens is 3. The standard InChI is InChI=1S/C15H14Cl2FNO/c1-9(19)13-5-4-12(7-15(13)18)20-8-10-2-3-11(16)6-14(10)17/h2-7,9H,8,19H2,1H3/t9-/m1/s1. The smallest absolute Gasteiger partial charge is 0.131 e. The van der Waals surface area contributed by atoms with Gasteiger partial charge in [-0.1, -0.05) is 35.3 Å². The first kappa shape index (κ1) is 15.1. The number of ether oxygens (including phenoxy) is 1. The highest BCUT2D eigenvalue weighted by atomic mass is 35.5. The summed E-state index contributed by atoms with van der Waals surface area (Å²) in [6, 6.07) is 9.42. The molecule has 0 aliphatic carbocycles. The molecule has 0 radical (unpaired) electrons. The molecule has 0 aliphatic rings. The molecule has 2 rings (SSSR count). The van der Waals surface area contributed by atoms with E-state index in [1.807, 2.05) is 0 Å². The second kappa shape index (κ2) is 6.44. The fourth-order valence-corrected chi connectivity index (χ4v) is 2.23. The van der Waals surface area contributed by atoms with Crippen LogP contribution in [0.1, 0.15) is 24.1 Å². The van der Waals surface area contributed by atoms with Gasteiger partial charge in [-0.05, 0) is 25.1 Å². The third-order valence-corrected chi connectivity index (χ3v) is 3.46. The van der Waals surface area contributed by atoms with Crippen LogP contribution in [0.2, 0.25) is 10.0 Å². The predicted octanol–water partition coefficient (Wildman–Crippen LogP) is 4.73. The normalized spacial score (nSPS) is 12.2. The second-order valence-electron chi connectivity index (χ2n) is 4.50. The highest BCUT2D eigenvalue weighted by Crippen LogP contribution is 2.24. The number of nitrogens with two attached hydrogens (primary N) is 1. The van der Waals surface area contributed by atoms with E-state index in [1.54, 1.807) is 37.3 Å². The minimum atomic E-state index is -0.375. The van der Waals surface area contributed by atoms with Crippen LogP contribution in [0.3, 0.4) is 0 Å². The summed E-state index contributed by atoms with van der Waals surface area (Å²) in [6.45, 7) is 1.97. The lowest BCUT2D eigenvalue weighted by Crippen LogP contribution is -2.07. The molecule has 2 N–H and O–H groups in total. The Morgan fingerprint density at radius 1 is 1.20 bits per heavy atom. The van der Waals surface area contributed by atoms with Gasteiger partial charge in [-0.25, -0.2) is 4.39 Å². The van der Waals surface area contributed by atoms with Crippen molar-refractivity contribution in [3.63, 3.8) is 0 Å². The molecule has 0 aromatic heterocycles. The zero-order chi connectivity index (χ0) is 14.7. The molecule has 5 heteroatoms. The molecule has 0 saturated carbocycles. The molecule has 0 bridgehead atoms. The van der Waals surface area contributed by atoms with Crippen LogP contribution in [0.15, 0.2) is 36.4 Å². The Morgan fingerprint density at radius 2 is 1.95 bits per heavy atom. The topological polar surface area (TPSA) is 35.2 Å². The Hall–Kier alpha value is -1.29. The van der Waals surface area contributed by atoms with Crippen molar-refractivity contribution in [2.45, 2.75) is 19.6 Å². The lowest BCUT2D eigenvalue weighted by molar-refractivity contribution is 0.304. The van der Waals surface area contributed by atoms with E-state index in [-0.39, 0.29) is 18.5 Å². The van der Waals surface area contributed by atoms with Gasteiger partial charge in [0, 0.05) is 33.3 Å². The van der Waals surface area contributed by atoms with Crippen LogP contribution in [-0.4, -0.2) is 0 Å². The molecule has 20 heavy (non-hydrogen) atoms. The Morgan fingerprint density at radius 3 is 2.55 bits per heavy atom. The Labute approximate surface area is 127 Å². The van der Waals surface area contributed by atoms with Crippen molar-refractivity contribution in [1.29, 1.82) is 0 Å². The second-order valence-corrected chi connectivity index (χ2v) is 5.34. The van der Waals surface area contributed by atoms with Gasteiger partial charge >= 0.3 is 0 Å². The lowest BCUT2D eigenvalue weighted by atomic mass is 10.1. The van der Waals surface area contributed by atoms with Crippen molar-refractivity contribution in [3.8, 4) is 5.75 Å². The SMILES string of the molecule is C[C@@H](N)c1ccc(OCc2ccc(Cl)cc2Cl)cc1F. The monoisotopic (exact) mass is 313 g/mol. The molecule has 0 unspecified atom stereocenters. The average Bonchev–Trinajstić information content (AvgIpc) is 2.37. The minimum Gasteiger partial charge on any atom is -0.489 e. The zero-order valence-corrected chi connectivity index (χ0v) is 12.4. The van der Waals surface area contributed by atoms with Crippen LogP contribution in [0.25, 0.3) is 0 Å². The van der Waals surface area contributed by atoms with E-state index < -0.39 is 0 Å². The molecule has 106 valence electrons. The fraction of sp³-hybridized carbons (Fsp3) is 0.200. The largest absolute Gasteiger partial charge is 0.489 e. The van der Waals surface area contributed by atoms with Crippen molar-refractivity contribution in [1.82, 2.24) is 0 Å². The van der Waals surface area contributed by atoms with E-state index in [4.69, 9.17) is 33.7 Å². The van der Waals surface area contributed by atoms with Crippen LogP contribution in [0.5, 0.6) is 5.75 Å². The summed E-state index contributed by atoms with van der Waals surface area (Å²) < 4.78 is 19.3. The summed E-state index contributed by atoms with van der Waals surface area (Å²) >= 11 is 11.9. The maximum absolute atomic E-state index is 13.8. The molecule has 0 aliphatic heterocycles. The first-order valence-corrected chi connectivity index (χ1v) is 6.84. The number of hydrogen-bond donors (Lipinski definition) is 1. The van der Waals surface area contributed by atoms with Crippen molar-refractivity contribution < 1.29 is 9.13 Å². The van der Waals surface area contributed by atoms with Crippen LogP contribution in [0.4, 0.5) is 4.39 Å². The van der Waals surface area contributed by atoms with E-state index in [0.717, 1.165) is 5.56 Å². The Bertz CT molecular complexity index is 617. The lowest BCUT2D eigenvalue weighted by Gasteiger charge is -2.11. The summed E-state index contributed by atoms with van der Waals surface area (Å²) in [5.74, 6) is 0.0534.